The van der Waals surface area contributed by atoms with Crippen molar-refractivity contribution < 1.29 is 13.2 Å². The zero-order chi connectivity index (χ0) is 20.2. The third kappa shape index (κ3) is 3.08. The molecule has 1 atom stereocenters. The number of hydrogen-bond donors (Lipinski definition) is 0. The molecule has 0 bridgehead atoms. The van der Waals surface area contributed by atoms with Crippen molar-refractivity contribution in [3.05, 3.63) is 97.9 Å². The van der Waals surface area contributed by atoms with Gasteiger partial charge in [-0.05, 0) is 69.7 Å². The second kappa shape index (κ2) is 6.77. The summed E-state index contributed by atoms with van der Waals surface area (Å²) in [5.74, 6) is -0.224. The molecule has 0 amide bonds. The minimum atomic E-state index is -4.47. The Hall–Kier alpha value is -2.52. The van der Waals surface area contributed by atoms with Gasteiger partial charge in [0.2, 0.25) is 0 Å². The van der Waals surface area contributed by atoms with Crippen molar-refractivity contribution in [3.63, 3.8) is 0 Å². The Morgan fingerprint density at radius 1 is 1.07 bits per heavy atom. The summed E-state index contributed by atoms with van der Waals surface area (Å²) in [5, 5.41) is 2.11. The highest BCUT2D eigenvalue weighted by molar-refractivity contribution is 6.31. The highest BCUT2D eigenvalue weighted by atomic mass is 35.5. The van der Waals surface area contributed by atoms with Crippen LogP contribution in [-0.4, -0.2) is 0 Å². The third-order valence-electron chi connectivity index (χ3n) is 5.98. The number of rotatable bonds is 1. The summed E-state index contributed by atoms with van der Waals surface area (Å²) in [5.41, 5.74) is 4.70. The highest BCUT2D eigenvalue weighted by Crippen LogP contribution is 2.41. The number of allylic oxidation sites excluding steroid dienone is 5. The molecule has 0 spiro atoms. The fourth-order valence-corrected chi connectivity index (χ4v) is 4.88. The van der Waals surface area contributed by atoms with E-state index in [2.05, 4.69) is 36.4 Å². The van der Waals surface area contributed by atoms with Gasteiger partial charge in [-0.25, -0.2) is 0 Å². The number of benzene rings is 2. The van der Waals surface area contributed by atoms with Crippen LogP contribution in [0.4, 0.5) is 13.2 Å². The lowest BCUT2D eigenvalue weighted by atomic mass is 9.77. The average molecular weight is 411 g/mol. The Morgan fingerprint density at radius 2 is 1.93 bits per heavy atom. The third-order valence-corrected chi connectivity index (χ3v) is 6.31. The summed E-state index contributed by atoms with van der Waals surface area (Å²) in [4.78, 5) is 0. The molecule has 0 N–H and O–H groups in total. The van der Waals surface area contributed by atoms with Crippen LogP contribution in [0.15, 0.2) is 60.2 Å². The molecule has 5 rings (SSSR count). The van der Waals surface area contributed by atoms with Crippen molar-refractivity contribution >= 4 is 29.3 Å². The molecule has 0 saturated heterocycles. The van der Waals surface area contributed by atoms with E-state index in [1.54, 1.807) is 6.07 Å². The van der Waals surface area contributed by atoms with Crippen molar-refractivity contribution in [2.24, 2.45) is 0 Å². The van der Waals surface area contributed by atoms with Gasteiger partial charge in [0.25, 0.3) is 0 Å². The van der Waals surface area contributed by atoms with Crippen LogP contribution in [0.1, 0.15) is 41.0 Å². The maximum absolute atomic E-state index is 13.4. The molecule has 0 aliphatic heterocycles. The molecule has 0 radical (unpaired) electrons. The molecule has 0 nitrogen and oxygen atoms in total. The lowest BCUT2D eigenvalue weighted by Gasteiger charge is -2.27. The summed E-state index contributed by atoms with van der Waals surface area (Å²) in [6.45, 7) is 0. The highest BCUT2D eigenvalue weighted by Gasteiger charge is 2.34. The lowest BCUT2D eigenvalue weighted by Crippen LogP contribution is -2.36. The summed E-state index contributed by atoms with van der Waals surface area (Å²) in [6, 6.07) is 8.52. The van der Waals surface area contributed by atoms with Gasteiger partial charge in [-0.3, -0.25) is 0 Å². The Bertz CT molecular complexity index is 1230. The van der Waals surface area contributed by atoms with Crippen LogP contribution in [0.25, 0.3) is 17.7 Å². The maximum Gasteiger partial charge on any atom is 0.417 e. The van der Waals surface area contributed by atoms with Crippen LogP contribution in [0, 0.1) is 0 Å². The molecule has 3 aliphatic carbocycles. The van der Waals surface area contributed by atoms with Gasteiger partial charge < -0.3 is 0 Å². The number of alkyl halides is 3. The van der Waals surface area contributed by atoms with E-state index in [9.17, 15) is 13.2 Å². The molecule has 2 aromatic carbocycles. The van der Waals surface area contributed by atoms with E-state index in [-0.39, 0.29) is 10.9 Å². The van der Waals surface area contributed by atoms with E-state index >= 15 is 0 Å². The van der Waals surface area contributed by atoms with Gasteiger partial charge >= 0.3 is 6.18 Å². The van der Waals surface area contributed by atoms with Gasteiger partial charge in [-0.1, -0.05) is 66.3 Å². The number of halogens is 4. The summed E-state index contributed by atoms with van der Waals surface area (Å²) in [7, 11) is 0. The summed E-state index contributed by atoms with van der Waals surface area (Å²) >= 11 is 5.85. The van der Waals surface area contributed by atoms with Crippen LogP contribution < -0.4 is 10.4 Å². The standard InChI is InChI=1S/C25H18ClF3/c26-23-13-10-17(14-22(23)25(27,28)29)19-7-3-5-16-9-11-20-18-6-2-1-4-15(18)8-12-21(20)24(16)19/h1,3-5,7-8,10-14,19H,2,6,9H2. The van der Waals surface area contributed by atoms with Gasteiger partial charge in [0.05, 0.1) is 10.6 Å². The molecule has 0 fully saturated rings. The van der Waals surface area contributed by atoms with Crippen molar-refractivity contribution in [1.82, 2.24) is 0 Å². The molecule has 0 heterocycles. The molecule has 146 valence electrons. The maximum atomic E-state index is 13.4. The van der Waals surface area contributed by atoms with Crippen molar-refractivity contribution in [3.8, 4) is 0 Å². The van der Waals surface area contributed by atoms with Crippen LogP contribution >= 0.6 is 11.6 Å². The van der Waals surface area contributed by atoms with E-state index in [0.717, 1.165) is 30.1 Å². The molecule has 29 heavy (non-hydrogen) atoms. The van der Waals surface area contributed by atoms with Gasteiger partial charge in [0.15, 0.2) is 0 Å². The number of fused-ring (bicyclic) bond motifs is 4. The largest absolute Gasteiger partial charge is 0.417 e. The smallest absolute Gasteiger partial charge is 0.166 e. The van der Waals surface area contributed by atoms with Gasteiger partial charge in [-0.2, -0.15) is 13.2 Å². The van der Waals surface area contributed by atoms with E-state index in [4.69, 9.17) is 11.6 Å². The number of hydrogen-bond acceptors (Lipinski definition) is 0. The van der Waals surface area contributed by atoms with Crippen molar-refractivity contribution in [2.75, 3.05) is 0 Å². The molecule has 0 saturated carbocycles. The van der Waals surface area contributed by atoms with Crippen LogP contribution in [0.5, 0.6) is 0 Å². The predicted octanol–water partition coefficient (Wildman–Crippen LogP) is 5.93. The summed E-state index contributed by atoms with van der Waals surface area (Å²) < 4.78 is 40.3. The lowest BCUT2D eigenvalue weighted by molar-refractivity contribution is -0.137. The fraction of sp³-hybridized carbons (Fsp3) is 0.200. The summed E-state index contributed by atoms with van der Waals surface area (Å²) in [6.07, 6.45) is 11.0. The molecule has 0 aromatic heterocycles. The molecule has 3 aliphatic rings. The molecule has 4 heteroatoms. The predicted molar refractivity (Wildman–Crippen MR) is 112 cm³/mol. The van der Waals surface area contributed by atoms with Gasteiger partial charge in [0, 0.05) is 5.92 Å². The minimum Gasteiger partial charge on any atom is -0.166 e. The van der Waals surface area contributed by atoms with E-state index in [0.29, 0.717) is 5.56 Å². The Morgan fingerprint density at radius 3 is 2.76 bits per heavy atom. The normalized spacial score (nSPS) is 19.8. The molecular formula is C25H18ClF3. The SMILES string of the molecule is FC(F)(F)c1cc(C2C=CC=C3CC=c4c5c(ccc4=C32)C=CCC5)ccc1Cl. The van der Waals surface area contributed by atoms with E-state index in [1.807, 2.05) is 12.2 Å². The minimum absolute atomic E-state index is 0.224. The van der Waals surface area contributed by atoms with Crippen molar-refractivity contribution in [1.29, 1.82) is 0 Å². The van der Waals surface area contributed by atoms with E-state index < -0.39 is 11.7 Å². The first-order chi connectivity index (χ1) is 13.9. The second-order valence-electron chi connectivity index (χ2n) is 7.65. The first kappa shape index (κ1) is 18.5. The van der Waals surface area contributed by atoms with E-state index in [1.165, 1.54) is 34.1 Å². The second-order valence-corrected chi connectivity index (χ2v) is 8.06. The monoisotopic (exact) mass is 410 g/mol. The quantitative estimate of drug-likeness (QED) is 0.546. The molecular weight excluding hydrogens is 393 g/mol. The first-order valence-corrected chi connectivity index (χ1v) is 10.1. The Kier molecular flexibility index (Phi) is 4.32. The first-order valence-electron chi connectivity index (χ1n) is 9.70. The van der Waals surface area contributed by atoms with Crippen LogP contribution in [0.3, 0.4) is 0 Å². The van der Waals surface area contributed by atoms with Crippen LogP contribution in [-0.2, 0) is 12.6 Å². The topological polar surface area (TPSA) is 0 Å². The Balaban J connectivity index is 1.75. The molecule has 2 aromatic rings. The fourth-order valence-electron chi connectivity index (χ4n) is 4.65. The zero-order valence-electron chi connectivity index (χ0n) is 15.6. The van der Waals surface area contributed by atoms with Crippen LogP contribution in [0.2, 0.25) is 5.02 Å². The van der Waals surface area contributed by atoms with Gasteiger partial charge in [-0.15, -0.1) is 0 Å². The average Bonchev–Trinajstić information content (AvgIpc) is 2.72. The molecule has 1 unspecified atom stereocenters. The van der Waals surface area contributed by atoms with Gasteiger partial charge in [0.1, 0.15) is 0 Å². The zero-order valence-corrected chi connectivity index (χ0v) is 16.3. The Labute approximate surface area is 172 Å². The van der Waals surface area contributed by atoms with Crippen molar-refractivity contribution in [2.45, 2.75) is 31.4 Å².